The Bertz CT molecular complexity index is 651. The summed E-state index contributed by atoms with van der Waals surface area (Å²) in [6.07, 6.45) is 2.90. The molecule has 0 aliphatic heterocycles. The fraction of sp³-hybridized carbons (Fsp3) is 0.533. The number of nitrogens with one attached hydrogen (secondary N) is 1. The smallest absolute Gasteiger partial charge is 0.253 e. The van der Waals surface area contributed by atoms with Gasteiger partial charge >= 0.3 is 0 Å². The summed E-state index contributed by atoms with van der Waals surface area (Å²) >= 11 is 0. The maximum absolute atomic E-state index is 12.4. The second kappa shape index (κ2) is 5.81. The van der Waals surface area contributed by atoms with Crippen molar-refractivity contribution in [3.8, 4) is 0 Å². The summed E-state index contributed by atoms with van der Waals surface area (Å²) in [5.74, 6) is -0.217. The van der Waals surface area contributed by atoms with Crippen molar-refractivity contribution in [3.63, 3.8) is 0 Å². The predicted molar refractivity (Wildman–Crippen MR) is 81.1 cm³/mol. The van der Waals surface area contributed by atoms with E-state index in [4.69, 9.17) is 0 Å². The fourth-order valence-corrected chi connectivity index (χ4v) is 2.43. The van der Waals surface area contributed by atoms with Gasteiger partial charge in [-0.3, -0.25) is 9.48 Å². The number of hydrogen-bond donors (Lipinski definition) is 2. The molecule has 0 bridgehead atoms. The first-order chi connectivity index (χ1) is 9.96. The third-order valence-electron chi connectivity index (χ3n) is 4.16. The molecular formula is C15H22N4O2. The number of rotatable bonds is 5. The molecule has 2 N–H and O–H groups in total. The zero-order chi connectivity index (χ0) is 15.6. The first kappa shape index (κ1) is 15.4. The van der Waals surface area contributed by atoms with E-state index in [0.717, 1.165) is 16.7 Å². The van der Waals surface area contributed by atoms with Crippen LogP contribution in [0.25, 0.3) is 11.0 Å². The molecule has 0 radical (unpaired) electrons. The predicted octanol–water partition coefficient (Wildman–Crippen LogP) is 1.56. The van der Waals surface area contributed by atoms with Crippen molar-refractivity contribution in [1.82, 2.24) is 20.1 Å². The molecule has 2 heterocycles. The van der Waals surface area contributed by atoms with E-state index in [-0.39, 0.29) is 12.5 Å². The van der Waals surface area contributed by atoms with E-state index >= 15 is 0 Å². The lowest BCUT2D eigenvalue weighted by atomic mass is 9.93. The van der Waals surface area contributed by atoms with Gasteiger partial charge in [0.15, 0.2) is 5.65 Å². The minimum atomic E-state index is -0.573. The zero-order valence-corrected chi connectivity index (χ0v) is 13.0. The highest BCUT2D eigenvalue weighted by molar-refractivity contribution is 5.97. The third-order valence-corrected chi connectivity index (χ3v) is 4.16. The summed E-state index contributed by atoms with van der Waals surface area (Å²) in [5.41, 5.74) is 1.51. The SMILES string of the molecule is CCC(CC)(CO)NC(=O)c1cnc2c(c1)c(C)nn2C. The highest BCUT2D eigenvalue weighted by atomic mass is 16.3. The van der Waals surface area contributed by atoms with Crippen LogP contribution in [0.1, 0.15) is 42.7 Å². The third kappa shape index (κ3) is 2.76. The lowest BCUT2D eigenvalue weighted by Crippen LogP contribution is -2.50. The molecule has 0 saturated heterocycles. The molecular weight excluding hydrogens is 268 g/mol. The van der Waals surface area contributed by atoms with Crippen LogP contribution >= 0.6 is 0 Å². The largest absolute Gasteiger partial charge is 0.394 e. The van der Waals surface area contributed by atoms with Gasteiger partial charge in [-0.15, -0.1) is 0 Å². The van der Waals surface area contributed by atoms with E-state index in [1.165, 1.54) is 0 Å². The van der Waals surface area contributed by atoms with Crippen molar-refractivity contribution in [2.24, 2.45) is 7.05 Å². The highest BCUT2D eigenvalue weighted by Crippen LogP contribution is 2.19. The average molecular weight is 290 g/mol. The molecule has 6 heteroatoms. The van der Waals surface area contributed by atoms with Gasteiger partial charge in [-0.2, -0.15) is 5.10 Å². The van der Waals surface area contributed by atoms with Gasteiger partial charge in [-0.25, -0.2) is 4.98 Å². The Balaban J connectivity index is 2.33. The Morgan fingerprint density at radius 3 is 2.67 bits per heavy atom. The van der Waals surface area contributed by atoms with Crippen molar-refractivity contribution in [2.75, 3.05) is 6.61 Å². The number of aliphatic hydroxyl groups is 1. The number of hydrogen-bond acceptors (Lipinski definition) is 4. The van der Waals surface area contributed by atoms with Crippen LogP contribution in [0.3, 0.4) is 0 Å². The van der Waals surface area contributed by atoms with Crippen molar-refractivity contribution < 1.29 is 9.90 Å². The van der Waals surface area contributed by atoms with E-state index < -0.39 is 5.54 Å². The van der Waals surface area contributed by atoms with Gasteiger partial charge < -0.3 is 10.4 Å². The molecule has 0 aliphatic carbocycles. The van der Waals surface area contributed by atoms with Gasteiger partial charge in [0.25, 0.3) is 5.91 Å². The molecule has 6 nitrogen and oxygen atoms in total. The topological polar surface area (TPSA) is 80.0 Å². The van der Waals surface area contributed by atoms with Crippen LogP contribution < -0.4 is 5.32 Å². The van der Waals surface area contributed by atoms with E-state index in [9.17, 15) is 9.90 Å². The summed E-state index contributed by atoms with van der Waals surface area (Å²) in [4.78, 5) is 16.7. The average Bonchev–Trinajstić information content (AvgIpc) is 2.79. The Hall–Kier alpha value is -1.95. The van der Waals surface area contributed by atoms with Gasteiger partial charge in [0, 0.05) is 18.6 Å². The highest BCUT2D eigenvalue weighted by Gasteiger charge is 2.27. The van der Waals surface area contributed by atoms with Crippen molar-refractivity contribution in [3.05, 3.63) is 23.5 Å². The second-order valence-corrected chi connectivity index (χ2v) is 5.40. The van der Waals surface area contributed by atoms with Crippen LogP contribution in [0.15, 0.2) is 12.3 Å². The lowest BCUT2D eigenvalue weighted by molar-refractivity contribution is 0.0817. The molecule has 0 aromatic carbocycles. The maximum atomic E-state index is 12.4. The van der Waals surface area contributed by atoms with Crippen LogP contribution in [0.2, 0.25) is 0 Å². The molecule has 114 valence electrons. The molecule has 0 unspecified atom stereocenters. The minimum Gasteiger partial charge on any atom is -0.394 e. The Morgan fingerprint density at radius 2 is 2.10 bits per heavy atom. The summed E-state index contributed by atoms with van der Waals surface area (Å²) in [5, 5.41) is 17.6. The van der Waals surface area contributed by atoms with Crippen LogP contribution in [-0.4, -0.2) is 37.9 Å². The fourth-order valence-electron chi connectivity index (χ4n) is 2.43. The quantitative estimate of drug-likeness (QED) is 0.875. The van der Waals surface area contributed by atoms with Gasteiger partial charge in [0.2, 0.25) is 0 Å². The van der Waals surface area contributed by atoms with Crippen LogP contribution in [-0.2, 0) is 7.05 Å². The van der Waals surface area contributed by atoms with Gasteiger partial charge in [-0.1, -0.05) is 13.8 Å². The number of aryl methyl sites for hydroxylation is 2. The van der Waals surface area contributed by atoms with E-state index in [0.29, 0.717) is 18.4 Å². The summed E-state index contributed by atoms with van der Waals surface area (Å²) in [6.45, 7) is 5.72. The molecule has 0 atom stereocenters. The number of amides is 1. The van der Waals surface area contributed by atoms with E-state index in [1.54, 1.807) is 16.9 Å². The molecule has 2 aromatic heterocycles. The van der Waals surface area contributed by atoms with Crippen molar-refractivity contribution in [2.45, 2.75) is 39.2 Å². The first-order valence-electron chi connectivity index (χ1n) is 7.19. The Morgan fingerprint density at radius 1 is 1.43 bits per heavy atom. The summed E-state index contributed by atoms with van der Waals surface area (Å²) < 4.78 is 1.70. The number of aliphatic hydroxyl groups excluding tert-OH is 1. The molecule has 0 fully saturated rings. The van der Waals surface area contributed by atoms with E-state index in [2.05, 4.69) is 15.4 Å². The number of fused-ring (bicyclic) bond motifs is 1. The van der Waals surface area contributed by atoms with Crippen molar-refractivity contribution in [1.29, 1.82) is 0 Å². The standard InChI is InChI=1S/C15H22N4O2/c1-5-15(6-2,9-20)17-14(21)11-7-12-10(3)18-19(4)13(12)16-8-11/h7-8,20H,5-6,9H2,1-4H3,(H,17,21). The molecule has 0 saturated carbocycles. The maximum Gasteiger partial charge on any atom is 0.253 e. The molecule has 0 spiro atoms. The normalized spacial score (nSPS) is 11.9. The van der Waals surface area contributed by atoms with Gasteiger partial charge in [0.1, 0.15) is 0 Å². The zero-order valence-electron chi connectivity index (χ0n) is 13.0. The van der Waals surface area contributed by atoms with Crippen LogP contribution in [0.4, 0.5) is 0 Å². The summed E-state index contributed by atoms with van der Waals surface area (Å²) in [7, 11) is 1.83. The minimum absolute atomic E-state index is 0.0761. The number of carbonyl (C=O) groups is 1. The van der Waals surface area contributed by atoms with Crippen molar-refractivity contribution >= 4 is 16.9 Å². The lowest BCUT2D eigenvalue weighted by Gasteiger charge is -2.30. The Labute approximate surface area is 124 Å². The second-order valence-electron chi connectivity index (χ2n) is 5.40. The monoisotopic (exact) mass is 290 g/mol. The van der Waals surface area contributed by atoms with Gasteiger partial charge in [-0.05, 0) is 25.8 Å². The number of aromatic nitrogens is 3. The number of pyridine rings is 1. The molecule has 21 heavy (non-hydrogen) atoms. The molecule has 1 amide bonds. The van der Waals surface area contributed by atoms with E-state index in [1.807, 2.05) is 27.8 Å². The number of carbonyl (C=O) groups excluding carboxylic acids is 1. The van der Waals surface area contributed by atoms with Gasteiger partial charge in [0.05, 0.1) is 23.4 Å². The molecule has 2 aromatic rings. The Kier molecular flexibility index (Phi) is 4.27. The number of nitrogens with zero attached hydrogens (tertiary/aromatic N) is 3. The van der Waals surface area contributed by atoms with Crippen LogP contribution in [0.5, 0.6) is 0 Å². The molecule has 2 rings (SSSR count). The van der Waals surface area contributed by atoms with Crippen LogP contribution in [0, 0.1) is 6.92 Å². The molecule has 0 aliphatic rings. The first-order valence-corrected chi connectivity index (χ1v) is 7.19. The summed E-state index contributed by atoms with van der Waals surface area (Å²) in [6, 6.07) is 1.80.